The lowest BCUT2D eigenvalue weighted by Crippen LogP contribution is -2.49. The van der Waals surface area contributed by atoms with Crippen LogP contribution in [0, 0.1) is 11.3 Å². The van der Waals surface area contributed by atoms with Gasteiger partial charge in [0.05, 0.1) is 24.8 Å². The minimum atomic E-state index is -0.185. The molecule has 6 heteroatoms. The number of rotatable bonds is 3. The van der Waals surface area contributed by atoms with Crippen molar-refractivity contribution in [3.63, 3.8) is 0 Å². The summed E-state index contributed by atoms with van der Waals surface area (Å²) < 4.78 is 11.5. The van der Waals surface area contributed by atoms with Crippen molar-refractivity contribution in [3.05, 3.63) is 69.3 Å². The lowest BCUT2D eigenvalue weighted by Gasteiger charge is -2.45. The molecule has 202 valence electrons. The fourth-order valence-electron chi connectivity index (χ4n) is 7.96. The number of benzene rings is 2. The number of allylic oxidation sites excluding steroid dienone is 2. The van der Waals surface area contributed by atoms with Crippen molar-refractivity contribution in [2.24, 2.45) is 0 Å². The molecule has 0 radical (unpaired) electrons. The van der Waals surface area contributed by atoms with Crippen molar-refractivity contribution in [1.82, 2.24) is 4.90 Å². The molecule has 1 spiro atoms. The zero-order chi connectivity index (χ0) is 26.6. The number of nitriles is 1. The molecule has 6 nitrogen and oxygen atoms in total. The van der Waals surface area contributed by atoms with E-state index in [4.69, 9.17) is 9.47 Å². The first kappa shape index (κ1) is 25.0. The van der Waals surface area contributed by atoms with E-state index in [1.165, 1.54) is 35.2 Å². The Morgan fingerprint density at radius 1 is 0.974 bits per heavy atom. The second-order valence-corrected chi connectivity index (χ2v) is 11.8. The van der Waals surface area contributed by atoms with Gasteiger partial charge in [0.1, 0.15) is 0 Å². The molecule has 3 aliphatic heterocycles. The Labute approximate surface area is 231 Å². The summed E-state index contributed by atoms with van der Waals surface area (Å²) in [6.07, 6.45) is 5.79. The number of anilines is 1. The van der Waals surface area contributed by atoms with Crippen LogP contribution < -0.4 is 4.90 Å². The van der Waals surface area contributed by atoms with Gasteiger partial charge in [-0.05, 0) is 90.6 Å². The van der Waals surface area contributed by atoms with Crippen LogP contribution in [-0.4, -0.2) is 69.3 Å². The third kappa shape index (κ3) is 3.97. The fraction of sp³-hybridized carbons (Fsp3) is 0.515. The van der Waals surface area contributed by atoms with E-state index >= 15 is 0 Å². The molecule has 5 aliphatic rings. The van der Waals surface area contributed by atoms with Gasteiger partial charge in [0.15, 0.2) is 5.78 Å². The van der Waals surface area contributed by atoms with Crippen molar-refractivity contribution in [3.8, 4) is 6.07 Å². The summed E-state index contributed by atoms with van der Waals surface area (Å²) in [4.78, 5) is 19.4. The van der Waals surface area contributed by atoms with Gasteiger partial charge < -0.3 is 14.4 Å². The summed E-state index contributed by atoms with van der Waals surface area (Å²) in [6.45, 7) is 9.53. The van der Waals surface area contributed by atoms with Gasteiger partial charge in [-0.15, -0.1) is 0 Å². The van der Waals surface area contributed by atoms with E-state index in [-0.39, 0.29) is 11.2 Å². The average molecular weight is 524 g/mol. The number of nitrogens with zero attached hydrogens (tertiary/aromatic N) is 3. The third-order valence-electron chi connectivity index (χ3n) is 10.1. The maximum atomic E-state index is 14.2. The van der Waals surface area contributed by atoms with Crippen molar-refractivity contribution in [2.45, 2.75) is 56.9 Å². The number of aryl methyl sites for hydroxylation is 1. The molecule has 0 saturated carbocycles. The Balaban J connectivity index is 1.27. The topological polar surface area (TPSA) is 65.8 Å². The van der Waals surface area contributed by atoms with Gasteiger partial charge in [-0.25, -0.2) is 0 Å². The SMILES string of the molecule is CCc1cc2c(cc1N1CCC(N3CCOCC3)CC1)C1(CCOCC1)C1=C(C2=O)c2ccc(C#N)cc2C1. The molecule has 0 bridgehead atoms. The Morgan fingerprint density at radius 2 is 1.72 bits per heavy atom. The first-order valence-electron chi connectivity index (χ1n) is 14.8. The monoisotopic (exact) mass is 523 g/mol. The quantitative estimate of drug-likeness (QED) is 0.582. The fourth-order valence-corrected chi connectivity index (χ4v) is 7.96. The zero-order valence-corrected chi connectivity index (χ0v) is 22.9. The smallest absolute Gasteiger partial charge is 0.193 e. The number of ether oxygens (including phenoxy) is 2. The van der Waals surface area contributed by atoms with Crippen molar-refractivity contribution < 1.29 is 14.3 Å². The van der Waals surface area contributed by atoms with Crippen LogP contribution in [0.4, 0.5) is 5.69 Å². The van der Waals surface area contributed by atoms with Gasteiger partial charge in [-0.1, -0.05) is 13.0 Å². The van der Waals surface area contributed by atoms with E-state index in [0.29, 0.717) is 24.8 Å². The highest BCUT2D eigenvalue weighted by Crippen LogP contribution is 2.55. The number of ketones is 1. The van der Waals surface area contributed by atoms with Crippen LogP contribution in [0.3, 0.4) is 0 Å². The molecule has 2 aromatic rings. The Bertz CT molecular complexity index is 1380. The van der Waals surface area contributed by atoms with E-state index in [2.05, 4.69) is 34.9 Å². The maximum absolute atomic E-state index is 14.2. The lowest BCUT2D eigenvalue weighted by atomic mass is 9.62. The largest absolute Gasteiger partial charge is 0.381 e. The molecule has 0 aromatic heterocycles. The summed E-state index contributed by atoms with van der Waals surface area (Å²) in [5.41, 5.74) is 9.47. The molecule has 0 unspecified atom stereocenters. The number of Topliss-reactive ketones (excluding diaryl/α,β-unsaturated/α-hetero) is 1. The highest BCUT2D eigenvalue weighted by atomic mass is 16.5. The normalized spacial score (nSPS) is 23.0. The summed E-state index contributed by atoms with van der Waals surface area (Å²) in [5.74, 6) is 0.160. The Hall–Kier alpha value is -2.98. The van der Waals surface area contributed by atoms with Gasteiger partial charge in [0.25, 0.3) is 0 Å². The van der Waals surface area contributed by atoms with E-state index in [0.717, 1.165) is 87.3 Å². The first-order chi connectivity index (χ1) is 19.1. The number of piperidine rings is 1. The van der Waals surface area contributed by atoms with Crippen LogP contribution in [0.25, 0.3) is 5.57 Å². The predicted molar refractivity (Wildman–Crippen MR) is 151 cm³/mol. The van der Waals surface area contributed by atoms with Gasteiger partial charge >= 0.3 is 0 Å². The molecule has 0 atom stereocenters. The van der Waals surface area contributed by atoms with Gasteiger partial charge in [0.2, 0.25) is 0 Å². The molecule has 7 rings (SSSR count). The highest BCUT2D eigenvalue weighted by molar-refractivity contribution is 6.33. The summed E-state index contributed by atoms with van der Waals surface area (Å²) >= 11 is 0. The van der Waals surface area contributed by atoms with E-state index in [1.54, 1.807) is 0 Å². The number of morpholine rings is 1. The second-order valence-electron chi connectivity index (χ2n) is 11.8. The van der Waals surface area contributed by atoms with Crippen molar-refractivity contribution >= 4 is 17.0 Å². The molecule has 0 N–H and O–H groups in total. The molecule has 3 saturated heterocycles. The maximum Gasteiger partial charge on any atom is 0.193 e. The van der Waals surface area contributed by atoms with Gasteiger partial charge in [-0.3, -0.25) is 9.69 Å². The molecule has 0 amide bonds. The average Bonchev–Trinajstić information content (AvgIpc) is 3.40. The molecular weight excluding hydrogens is 486 g/mol. The number of hydrogen-bond acceptors (Lipinski definition) is 6. The van der Waals surface area contributed by atoms with Crippen LogP contribution in [0.5, 0.6) is 0 Å². The Morgan fingerprint density at radius 3 is 2.44 bits per heavy atom. The van der Waals surface area contributed by atoms with Crippen LogP contribution in [0.15, 0.2) is 35.9 Å². The van der Waals surface area contributed by atoms with Crippen molar-refractivity contribution in [2.75, 3.05) is 57.5 Å². The van der Waals surface area contributed by atoms with Gasteiger partial charge in [0, 0.05) is 67.7 Å². The van der Waals surface area contributed by atoms with Crippen LogP contribution in [0.2, 0.25) is 0 Å². The number of fused-ring (bicyclic) bond motifs is 5. The minimum Gasteiger partial charge on any atom is -0.381 e. The van der Waals surface area contributed by atoms with Crippen LogP contribution >= 0.6 is 0 Å². The molecule has 3 heterocycles. The first-order valence-corrected chi connectivity index (χ1v) is 14.8. The van der Waals surface area contributed by atoms with Crippen LogP contribution in [0.1, 0.15) is 70.8 Å². The molecule has 2 aromatic carbocycles. The van der Waals surface area contributed by atoms with E-state index in [9.17, 15) is 10.1 Å². The second kappa shape index (κ2) is 9.89. The van der Waals surface area contributed by atoms with Crippen molar-refractivity contribution in [1.29, 1.82) is 5.26 Å². The van der Waals surface area contributed by atoms with Gasteiger partial charge in [-0.2, -0.15) is 5.26 Å². The lowest BCUT2D eigenvalue weighted by molar-refractivity contribution is 0.0115. The zero-order valence-electron chi connectivity index (χ0n) is 22.9. The highest BCUT2D eigenvalue weighted by Gasteiger charge is 2.49. The van der Waals surface area contributed by atoms with Crippen LogP contribution in [-0.2, 0) is 27.7 Å². The number of carbonyl (C=O) groups is 1. The summed E-state index contributed by atoms with van der Waals surface area (Å²) in [6, 6.07) is 13.4. The Kier molecular flexibility index (Phi) is 6.34. The summed E-state index contributed by atoms with van der Waals surface area (Å²) in [7, 11) is 0. The molecule has 39 heavy (non-hydrogen) atoms. The van der Waals surface area contributed by atoms with E-state index in [1.807, 2.05) is 18.2 Å². The standard InChI is InChI=1S/C33H37N3O3/c1-2-23-18-27-28(20-30(23)36-9-5-25(6-10-36)35-11-15-39-16-12-35)33(7-13-38-14-8-33)29-19-24-17-22(21-34)3-4-26(24)31(29)32(27)37/h3-4,17-18,20,25H,2,5-16,19H2,1H3. The molecular formula is C33H37N3O3. The minimum absolute atomic E-state index is 0.160. The molecule has 2 aliphatic carbocycles. The summed E-state index contributed by atoms with van der Waals surface area (Å²) in [5, 5.41) is 9.51. The predicted octanol–water partition coefficient (Wildman–Crippen LogP) is 4.68. The van der Waals surface area contributed by atoms with E-state index < -0.39 is 0 Å². The molecule has 3 fully saturated rings. The number of carbonyl (C=O) groups excluding carboxylic acids is 1. The number of hydrogen-bond donors (Lipinski definition) is 0. The third-order valence-corrected chi connectivity index (χ3v) is 10.1.